The van der Waals surface area contributed by atoms with E-state index in [0.29, 0.717) is 43.7 Å². The molecule has 0 aliphatic carbocycles. The van der Waals surface area contributed by atoms with Gasteiger partial charge < -0.3 is 11.1 Å². The third-order valence-corrected chi connectivity index (χ3v) is 3.37. The minimum atomic E-state index is -0.275. The lowest BCUT2D eigenvalue weighted by Crippen LogP contribution is -2.28. The van der Waals surface area contributed by atoms with Crippen molar-refractivity contribution >= 4 is 23.1 Å². The third kappa shape index (κ3) is 3.71. The van der Waals surface area contributed by atoms with Crippen molar-refractivity contribution in [2.75, 3.05) is 19.6 Å². The van der Waals surface area contributed by atoms with Crippen LogP contribution < -0.4 is 11.1 Å². The van der Waals surface area contributed by atoms with Crippen molar-refractivity contribution in [2.24, 2.45) is 5.73 Å². The van der Waals surface area contributed by atoms with Crippen LogP contribution in [0.3, 0.4) is 0 Å². The molecule has 0 aromatic heterocycles. The monoisotopic (exact) mass is 281 g/mol. The first-order valence-corrected chi connectivity index (χ1v) is 6.54. The number of hydrogen-bond acceptors (Lipinski definition) is 3. The number of nitrogens with two attached hydrogens (primary N) is 1. The average molecular weight is 281 g/mol. The van der Waals surface area contributed by atoms with Gasteiger partial charge in [0, 0.05) is 43.7 Å². The van der Waals surface area contributed by atoms with Crippen LogP contribution in [0.15, 0.2) is 18.2 Å². The maximum absolute atomic E-state index is 13.8. The van der Waals surface area contributed by atoms with Crippen LogP contribution in [0, 0.1) is 5.82 Å². The zero-order valence-electron chi connectivity index (χ0n) is 10.5. The summed E-state index contributed by atoms with van der Waals surface area (Å²) in [6.45, 7) is 2.39. The second-order valence-corrected chi connectivity index (χ2v) is 4.99. The smallest absolute Gasteiger partial charge is 0.221 e. The summed E-state index contributed by atoms with van der Waals surface area (Å²) < 4.78 is 13.8. The summed E-state index contributed by atoms with van der Waals surface area (Å²) in [7, 11) is 0. The largest absolute Gasteiger partial charge is 0.389 e. The predicted molar refractivity (Wildman–Crippen MR) is 75.2 cm³/mol. The second kappa shape index (κ2) is 6.08. The molecule has 19 heavy (non-hydrogen) atoms. The van der Waals surface area contributed by atoms with Crippen LogP contribution >= 0.6 is 12.2 Å². The molecule has 1 aliphatic rings. The first-order valence-electron chi connectivity index (χ1n) is 6.13. The number of carbonyl (C=O) groups is 1. The Bertz CT molecular complexity index is 507. The Kier molecular flexibility index (Phi) is 4.44. The Morgan fingerprint density at radius 2 is 2.26 bits per heavy atom. The van der Waals surface area contributed by atoms with Gasteiger partial charge in [-0.1, -0.05) is 12.2 Å². The van der Waals surface area contributed by atoms with E-state index < -0.39 is 0 Å². The Morgan fingerprint density at radius 3 is 3.00 bits per heavy atom. The fraction of sp³-hybridized carbons (Fsp3) is 0.385. The minimum Gasteiger partial charge on any atom is -0.389 e. The molecule has 0 radical (unpaired) electrons. The number of thiocarbonyl (C=S) groups is 1. The predicted octanol–water partition coefficient (Wildman–Crippen LogP) is 0.782. The molecule has 0 atom stereocenters. The number of carbonyl (C=O) groups excluding carboxylic acids is 1. The van der Waals surface area contributed by atoms with Gasteiger partial charge in [-0.15, -0.1) is 0 Å². The van der Waals surface area contributed by atoms with Crippen molar-refractivity contribution in [2.45, 2.75) is 13.0 Å². The van der Waals surface area contributed by atoms with Crippen LogP contribution in [0.5, 0.6) is 0 Å². The van der Waals surface area contributed by atoms with E-state index in [2.05, 4.69) is 5.32 Å². The van der Waals surface area contributed by atoms with E-state index in [1.54, 1.807) is 12.1 Å². The molecule has 1 saturated heterocycles. The number of benzene rings is 1. The molecule has 1 amide bonds. The highest BCUT2D eigenvalue weighted by Gasteiger charge is 2.15. The topological polar surface area (TPSA) is 58.4 Å². The molecule has 0 bridgehead atoms. The van der Waals surface area contributed by atoms with Crippen molar-refractivity contribution in [3.05, 3.63) is 35.1 Å². The standard InChI is InChI=1S/C13H16FN3OS/c14-11-2-1-9(13(15)19)7-10(11)8-17-5-3-12(18)16-4-6-17/h1-2,7H,3-6,8H2,(H2,15,19)(H,16,18). The lowest BCUT2D eigenvalue weighted by molar-refractivity contribution is -0.120. The molecule has 102 valence electrons. The number of nitrogens with one attached hydrogen (secondary N) is 1. The fourth-order valence-corrected chi connectivity index (χ4v) is 2.19. The Hall–Kier alpha value is -1.53. The Morgan fingerprint density at radius 1 is 1.47 bits per heavy atom. The van der Waals surface area contributed by atoms with Gasteiger partial charge in [0.1, 0.15) is 10.8 Å². The maximum Gasteiger partial charge on any atom is 0.221 e. The summed E-state index contributed by atoms with van der Waals surface area (Å²) in [4.78, 5) is 13.5. The van der Waals surface area contributed by atoms with Gasteiger partial charge in [-0.2, -0.15) is 0 Å². The Balaban J connectivity index is 2.11. The third-order valence-electron chi connectivity index (χ3n) is 3.13. The van der Waals surface area contributed by atoms with E-state index in [4.69, 9.17) is 18.0 Å². The van der Waals surface area contributed by atoms with Gasteiger partial charge in [0.05, 0.1) is 0 Å². The molecule has 3 N–H and O–H groups in total. The molecule has 1 aromatic rings. The molecule has 1 aliphatic heterocycles. The molecule has 0 spiro atoms. The van der Waals surface area contributed by atoms with Crippen molar-refractivity contribution in [1.82, 2.24) is 10.2 Å². The van der Waals surface area contributed by atoms with Gasteiger partial charge in [-0.3, -0.25) is 9.69 Å². The molecule has 1 fully saturated rings. The molecule has 0 saturated carbocycles. The van der Waals surface area contributed by atoms with E-state index in [9.17, 15) is 9.18 Å². The van der Waals surface area contributed by atoms with Gasteiger partial charge in [0.25, 0.3) is 0 Å². The quantitative estimate of drug-likeness (QED) is 0.804. The molecule has 2 rings (SSSR count). The lowest BCUT2D eigenvalue weighted by Gasteiger charge is -2.19. The van der Waals surface area contributed by atoms with Crippen molar-refractivity contribution in [1.29, 1.82) is 0 Å². The van der Waals surface area contributed by atoms with E-state index >= 15 is 0 Å². The van der Waals surface area contributed by atoms with Crippen molar-refractivity contribution in [3.8, 4) is 0 Å². The van der Waals surface area contributed by atoms with Gasteiger partial charge in [-0.25, -0.2) is 4.39 Å². The summed E-state index contributed by atoms with van der Waals surface area (Å²) in [5.41, 5.74) is 6.77. The van der Waals surface area contributed by atoms with Crippen LogP contribution in [0.2, 0.25) is 0 Å². The van der Waals surface area contributed by atoms with Crippen LogP contribution in [0.25, 0.3) is 0 Å². The second-order valence-electron chi connectivity index (χ2n) is 4.55. The normalized spacial score (nSPS) is 16.8. The zero-order chi connectivity index (χ0) is 13.8. The summed E-state index contributed by atoms with van der Waals surface area (Å²) in [5.74, 6) is -0.233. The number of hydrogen-bond donors (Lipinski definition) is 2. The number of rotatable bonds is 3. The molecular weight excluding hydrogens is 265 g/mol. The van der Waals surface area contributed by atoms with Crippen LogP contribution in [-0.4, -0.2) is 35.4 Å². The highest BCUT2D eigenvalue weighted by Crippen LogP contribution is 2.14. The van der Waals surface area contributed by atoms with Gasteiger partial charge >= 0.3 is 0 Å². The molecule has 6 heteroatoms. The molecule has 1 aromatic carbocycles. The van der Waals surface area contributed by atoms with E-state index in [-0.39, 0.29) is 16.7 Å². The maximum atomic E-state index is 13.8. The van der Waals surface area contributed by atoms with Crippen molar-refractivity contribution < 1.29 is 9.18 Å². The van der Waals surface area contributed by atoms with Crippen LogP contribution in [0.1, 0.15) is 17.5 Å². The number of amides is 1. The first kappa shape index (κ1) is 13.9. The summed E-state index contributed by atoms with van der Waals surface area (Å²) in [6.07, 6.45) is 0.441. The molecule has 1 heterocycles. The van der Waals surface area contributed by atoms with Crippen molar-refractivity contribution in [3.63, 3.8) is 0 Å². The summed E-state index contributed by atoms with van der Waals surface area (Å²) in [5, 5.41) is 2.79. The number of nitrogens with zero attached hydrogens (tertiary/aromatic N) is 1. The van der Waals surface area contributed by atoms with Crippen LogP contribution in [0.4, 0.5) is 4.39 Å². The highest BCUT2D eigenvalue weighted by atomic mass is 32.1. The van der Waals surface area contributed by atoms with Gasteiger partial charge in [0.2, 0.25) is 5.91 Å². The molecular formula is C13H16FN3OS. The lowest BCUT2D eigenvalue weighted by atomic mass is 10.1. The Labute approximate surface area is 116 Å². The van der Waals surface area contributed by atoms with Gasteiger partial charge in [-0.05, 0) is 18.2 Å². The fourth-order valence-electron chi connectivity index (χ4n) is 2.06. The zero-order valence-corrected chi connectivity index (χ0v) is 11.3. The first-order chi connectivity index (χ1) is 9.06. The molecule has 0 unspecified atom stereocenters. The average Bonchev–Trinajstić information content (AvgIpc) is 2.57. The summed E-state index contributed by atoms with van der Waals surface area (Å²) in [6, 6.07) is 4.64. The highest BCUT2D eigenvalue weighted by molar-refractivity contribution is 7.80. The van der Waals surface area contributed by atoms with Gasteiger partial charge in [0.15, 0.2) is 0 Å². The van der Waals surface area contributed by atoms with E-state index in [1.165, 1.54) is 6.07 Å². The molecule has 4 nitrogen and oxygen atoms in total. The summed E-state index contributed by atoms with van der Waals surface area (Å²) >= 11 is 4.89. The van der Waals surface area contributed by atoms with E-state index in [1.807, 2.05) is 4.90 Å². The SMILES string of the molecule is NC(=S)c1ccc(F)c(CN2CCNC(=O)CC2)c1. The van der Waals surface area contributed by atoms with Crippen LogP contribution in [-0.2, 0) is 11.3 Å². The number of halogens is 1. The van der Waals surface area contributed by atoms with E-state index in [0.717, 1.165) is 0 Å². The minimum absolute atomic E-state index is 0.0415.